The number of benzene rings is 5. The lowest BCUT2D eigenvalue weighted by Gasteiger charge is -2.34. The molecule has 12 heteroatoms. The predicted octanol–water partition coefficient (Wildman–Crippen LogP) is 8.25. The molecule has 7 aromatic rings. The summed E-state index contributed by atoms with van der Waals surface area (Å²) in [4.78, 5) is 59.2. The molecule has 298 valence electrons. The van der Waals surface area contributed by atoms with Crippen LogP contribution in [0.15, 0.2) is 146 Å². The second-order valence-electron chi connectivity index (χ2n) is 15.0. The Morgan fingerprint density at radius 2 is 1.50 bits per heavy atom. The minimum absolute atomic E-state index is 0.173. The van der Waals surface area contributed by atoms with Crippen LogP contribution in [0.25, 0.3) is 33.4 Å². The molecule has 0 aliphatic carbocycles. The Balaban J connectivity index is 1.02. The Labute approximate surface area is 347 Å². The average Bonchev–Trinajstić information content (AvgIpc) is 3.83. The van der Waals surface area contributed by atoms with E-state index in [-0.39, 0.29) is 17.7 Å². The number of likely N-dealkylation sites (N-methyl/N-ethyl adjacent to an activating group) is 1. The van der Waals surface area contributed by atoms with E-state index in [2.05, 4.69) is 73.6 Å². The normalized spacial score (nSPS) is 14.4. The summed E-state index contributed by atoms with van der Waals surface area (Å²) in [6, 6.07) is 39.6. The molecule has 2 aromatic heterocycles. The van der Waals surface area contributed by atoms with E-state index in [1.54, 1.807) is 11.0 Å². The highest BCUT2D eigenvalue weighted by Crippen LogP contribution is 2.42. The first-order chi connectivity index (χ1) is 29.3. The van der Waals surface area contributed by atoms with Crippen LogP contribution in [0.5, 0.6) is 0 Å². The lowest BCUT2D eigenvalue weighted by Crippen LogP contribution is -2.44. The molecule has 1 atom stereocenters. The summed E-state index contributed by atoms with van der Waals surface area (Å²) in [5.41, 5.74) is 9.53. The number of anilines is 5. The largest absolute Gasteiger partial charge is 0.369 e. The monoisotopic (exact) mass is 793 g/mol. The molecule has 0 saturated carbocycles. The Bertz CT molecular complexity index is 2720. The molecule has 9 rings (SSSR count). The number of carbonyl (C=O) groups is 3. The van der Waals surface area contributed by atoms with Gasteiger partial charge >= 0.3 is 0 Å². The van der Waals surface area contributed by atoms with Gasteiger partial charge in [-0.3, -0.25) is 14.4 Å². The van der Waals surface area contributed by atoms with Crippen LogP contribution in [-0.2, 0) is 16.1 Å². The van der Waals surface area contributed by atoms with E-state index in [1.165, 1.54) is 18.1 Å². The number of carbonyl (C=O) groups excluding carboxylic acids is 3. The van der Waals surface area contributed by atoms with E-state index in [4.69, 9.17) is 4.98 Å². The number of amides is 3. The number of aromatic amines is 1. The van der Waals surface area contributed by atoms with Gasteiger partial charge in [-0.2, -0.15) is 0 Å². The van der Waals surface area contributed by atoms with Crippen LogP contribution in [0.1, 0.15) is 27.5 Å². The van der Waals surface area contributed by atoms with Crippen molar-refractivity contribution in [2.45, 2.75) is 12.6 Å². The maximum Gasteiger partial charge on any atom is 0.255 e. The third-order valence-corrected chi connectivity index (χ3v) is 11.2. The molecule has 0 spiro atoms. The third kappa shape index (κ3) is 7.59. The van der Waals surface area contributed by atoms with Gasteiger partial charge in [-0.25, -0.2) is 9.97 Å². The lowest BCUT2D eigenvalue weighted by molar-refractivity contribution is -0.120. The molecule has 4 heterocycles. The molecule has 1 unspecified atom stereocenters. The second-order valence-corrected chi connectivity index (χ2v) is 15.0. The number of rotatable bonds is 11. The molecule has 2 aliphatic heterocycles. The lowest BCUT2D eigenvalue weighted by atomic mass is 9.98. The van der Waals surface area contributed by atoms with Gasteiger partial charge in [0, 0.05) is 66.6 Å². The van der Waals surface area contributed by atoms with Crippen LogP contribution in [0, 0.1) is 0 Å². The molecule has 60 heavy (non-hydrogen) atoms. The van der Waals surface area contributed by atoms with Crippen molar-refractivity contribution in [3.63, 3.8) is 0 Å². The van der Waals surface area contributed by atoms with Crippen LogP contribution in [-0.4, -0.2) is 75.7 Å². The van der Waals surface area contributed by atoms with E-state index >= 15 is 0 Å². The Morgan fingerprint density at radius 3 is 2.25 bits per heavy atom. The van der Waals surface area contributed by atoms with E-state index in [1.807, 2.05) is 97.1 Å². The van der Waals surface area contributed by atoms with E-state index in [9.17, 15) is 14.4 Å². The molecule has 1 fully saturated rings. The highest BCUT2D eigenvalue weighted by Gasteiger charge is 2.37. The fourth-order valence-corrected chi connectivity index (χ4v) is 8.05. The minimum Gasteiger partial charge on any atom is -0.369 e. The molecule has 12 nitrogen and oxygen atoms in total. The number of nitrogens with zero attached hydrogens (tertiary/aromatic N) is 5. The van der Waals surface area contributed by atoms with Crippen LogP contribution in [0.3, 0.4) is 0 Å². The molecule has 5 aromatic carbocycles. The first-order valence-corrected chi connectivity index (χ1v) is 19.9. The van der Waals surface area contributed by atoms with Crippen molar-refractivity contribution in [1.29, 1.82) is 0 Å². The predicted molar refractivity (Wildman–Crippen MR) is 237 cm³/mol. The smallest absolute Gasteiger partial charge is 0.255 e. The summed E-state index contributed by atoms with van der Waals surface area (Å²) < 4.78 is 0. The number of nitrogens with one attached hydrogen (secondary N) is 4. The molecule has 0 radical (unpaired) electrons. The molecular formula is C48H43N9O3. The SMILES string of the molecule is C=CC(=O)Nc1cccc(-c2c(-c3ccc(N4CCN(C)CC4)cc3)[nH]c3ncnc(Nc4ccc(NC(=O)C(c5ccccc5)N5Cc6ccccc6C5=O)cc4)c23)c1. The van der Waals surface area contributed by atoms with Gasteiger partial charge in [-0.1, -0.05) is 79.4 Å². The van der Waals surface area contributed by atoms with Crippen molar-refractivity contribution in [1.82, 2.24) is 24.8 Å². The van der Waals surface area contributed by atoms with Gasteiger partial charge < -0.3 is 35.6 Å². The van der Waals surface area contributed by atoms with Gasteiger partial charge in [0.2, 0.25) is 5.91 Å². The minimum atomic E-state index is -0.828. The standard InChI is InChI=1S/C48H43N9O3/c1-3-40(58)51-37-14-9-13-33(28-37)41-42-45(49-30-50-46(42)54-43(41)31-16-22-38(23-17-31)56-26-24-55(2)25-27-56)52-35-18-20-36(21-19-35)53-47(59)44(32-10-5-4-6-11-32)57-29-34-12-7-8-15-39(34)48(57)60/h3-23,28,30,44H,1,24-27,29H2,2H3,(H,51,58)(H,53,59)(H2,49,50,52,54). The van der Waals surface area contributed by atoms with Crippen molar-refractivity contribution in [3.8, 4) is 22.4 Å². The summed E-state index contributed by atoms with van der Waals surface area (Å²) in [5, 5.41) is 10.2. The fraction of sp³-hybridized carbons (Fsp3) is 0.146. The van der Waals surface area contributed by atoms with Crippen molar-refractivity contribution >= 4 is 57.3 Å². The molecule has 3 amide bonds. The summed E-state index contributed by atoms with van der Waals surface area (Å²) in [7, 11) is 2.15. The van der Waals surface area contributed by atoms with Crippen LogP contribution in [0.4, 0.5) is 28.6 Å². The second kappa shape index (κ2) is 16.4. The van der Waals surface area contributed by atoms with Crippen LogP contribution in [0.2, 0.25) is 0 Å². The van der Waals surface area contributed by atoms with Gasteiger partial charge in [-0.15, -0.1) is 0 Å². The maximum absolute atomic E-state index is 14.0. The van der Waals surface area contributed by atoms with Gasteiger partial charge in [0.05, 0.1) is 11.1 Å². The summed E-state index contributed by atoms with van der Waals surface area (Å²) in [6.45, 7) is 7.92. The zero-order chi connectivity index (χ0) is 41.2. The van der Waals surface area contributed by atoms with E-state index < -0.39 is 6.04 Å². The Kier molecular flexibility index (Phi) is 10.4. The van der Waals surface area contributed by atoms with Crippen molar-refractivity contribution in [2.75, 3.05) is 54.1 Å². The molecular weight excluding hydrogens is 751 g/mol. The molecule has 1 saturated heterocycles. The van der Waals surface area contributed by atoms with Gasteiger partial charge in [0.25, 0.3) is 11.8 Å². The van der Waals surface area contributed by atoms with E-state index in [0.717, 1.165) is 70.8 Å². The Hall–Kier alpha value is -7.57. The molecule has 4 N–H and O–H groups in total. The molecule has 2 aliphatic rings. The summed E-state index contributed by atoms with van der Waals surface area (Å²) in [5.74, 6) is -0.219. The van der Waals surface area contributed by atoms with Gasteiger partial charge in [-0.05, 0) is 90.0 Å². The van der Waals surface area contributed by atoms with Gasteiger partial charge in [0.15, 0.2) is 0 Å². The first-order valence-electron chi connectivity index (χ1n) is 19.9. The number of H-pyrrole nitrogens is 1. The summed E-state index contributed by atoms with van der Waals surface area (Å²) >= 11 is 0. The number of fused-ring (bicyclic) bond motifs is 2. The zero-order valence-corrected chi connectivity index (χ0v) is 33.1. The first kappa shape index (κ1) is 38.0. The maximum atomic E-state index is 14.0. The third-order valence-electron chi connectivity index (χ3n) is 11.2. The average molecular weight is 794 g/mol. The van der Waals surface area contributed by atoms with Crippen molar-refractivity contribution in [3.05, 3.63) is 163 Å². The van der Waals surface area contributed by atoms with Crippen molar-refractivity contribution in [2.24, 2.45) is 0 Å². The van der Waals surface area contributed by atoms with Crippen molar-refractivity contribution < 1.29 is 14.4 Å². The number of hydrogen-bond acceptors (Lipinski definition) is 8. The highest BCUT2D eigenvalue weighted by molar-refractivity contribution is 6.09. The van der Waals surface area contributed by atoms with Gasteiger partial charge in [0.1, 0.15) is 23.8 Å². The fourth-order valence-electron chi connectivity index (χ4n) is 8.05. The topological polar surface area (TPSA) is 139 Å². The van der Waals surface area contributed by atoms with Crippen LogP contribution >= 0.6 is 0 Å². The number of hydrogen-bond donors (Lipinski definition) is 4. The Morgan fingerprint density at radius 1 is 0.767 bits per heavy atom. The van der Waals surface area contributed by atoms with Crippen LogP contribution < -0.4 is 20.9 Å². The molecule has 0 bridgehead atoms. The number of aromatic nitrogens is 3. The highest BCUT2D eigenvalue weighted by atomic mass is 16.2. The zero-order valence-electron chi connectivity index (χ0n) is 33.1. The summed E-state index contributed by atoms with van der Waals surface area (Å²) in [6.07, 6.45) is 2.76. The van der Waals surface area contributed by atoms with E-state index in [0.29, 0.717) is 34.9 Å². The number of piperazine rings is 1. The quantitative estimate of drug-likeness (QED) is 0.0962.